The van der Waals surface area contributed by atoms with Gasteiger partial charge in [-0.1, -0.05) is 11.6 Å². The fourth-order valence-corrected chi connectivity index (χ4v) is 3.38. The predicted octanol–water partition coefficient (Wildman–Crippen LogP) is 2.66. The van der Waals surface area contributed by atoms with E-state index in [4.69, 9.17) is 20.2 Å². The summed E-state index contributed by atoms with van der Waals surface area (Å²) in [5.74, 6) is -0.0365. The first-order valence-electron chi connectivity index (χ1n) is 6.53. The van der Waals surface area contributed by atoms with Crippen LogP contribution in [0, 0.1) is 0 Å². The van der Waals surface area contributed by atoms with Gasteiger partial charge in [-0.05, 0) is 37.3 Å². The predicted molar refractivity (Wildman–Crippen MR) is 79.6 cm³/mol. The molecule has 3 rings (SSSR count). The van der Waals surface area contributed by atoms with Crippen molar-refractivity contribution in [2.75, 3.05) is 6.26 Å². The Morgan fingerprint density at radius 1 is 1.19 bits per heavy atom. The number of hydrogen-bond acceptors (Lipinski definition) is 5. The molecule has 0 aliphatic heterocycles. The van der Waals surface area contributed by atoms with Gasteiger partial charge in [0.05, 0.1) is 11.3 Å². The number of rotatable bonds is 2. The van der Waals surface area contributed by atoms with E-state index in [1.54, 1.807) is 6.07 Å². The van der Waals surface area contributed by atoms with Crippen molar-refractivity contribution in [3.8, 4) is 5.75 Å². The molecule has 1 heterocycles. The molecular formula is C14H13ClO5S. The summed E-state index contributed by atoms with van der Waals surface area (Å²) in [5.41, 5.74) is 1.57. The minimum Gasteiger partial charge on any atom is -0.422 e. The number of hydrogen-bond donors (Lipinski definition) is 0. The SMILES string of the molecule is CS(=O)(=O)Oc1cc2oc(=O)c3c(c2cc1Cl)CCCC3. The molecule has 0 N–H and O–H groups in total. The van der Waals surface area contributed by atoms with Crippen LogP contribution in [-0.4, -0.2) is 14.7 Å². The zero-order chi connectivity index (χ0) is 15.2. The molecule has 0 fully saturated rings. The molecule has 1 aliphatic carbocycles. The van der Waals surface area contributed by atoms with Crippen LogP contribution >= 0.6 is 11.6 Å². The molecule has 112 valence electrons. The van der Waals surface area contributed by atoms with Gasteiger partial charge in [0.1, 0.15) is 5.58 Å². The summed E-state index contributed by atoms with van der Waals surface area (Å²) >= 11 is 6.08. The van der Waals surface area contributed by atoms with Gasteiger partial charge in [-0.2, -0.15) is 8.42 Å². The molecule has 2 aromatic rings. The summed E-state index contributed by atoms with van der Waals surface area (Å²) in [4.78, 5) is 12.0. The zero-order valence-electron chi connectivity index (χ0n) is 11.3. The fourth-order valence-electron chi connectivity index (χ4n) is 2.67. The number of halogens is 1. The van der Waals surface area contributed by atoms with E-state index in [-0.39, 0.29) is 16.4 Å². The van der Waals surface area contributed by atoms with Crippen LogP contribution in [0.2, 0.25) is 5.02 Å². The second kappa shape index (κ2) is 5.03. The first-order valence-corrected chi connectivity index (χ1v) is 8.72. The van der Waals surface area contributed by atoms with Crippen LogP contribution in [0.25, 0.3) is 11.0 Å². The van der Waals surface area contributed by atoms with E-state index in [1.165, 1.54) is 6.07 Å². The third-order valence-electron chi connectivity index (χ3n) is 3.52. The summed E-state index contributed by atoms with van der Waals surface area (Å²) in [5, 5.41) is 0.921. The smallest absolute Gasteiger partial charge is 0.339 e. The molecule has 0 unspecified atom stereocenters. The van der Waals surface area contributed by atoms with E-state index in [0.29, 0.717) is 17.6 Å². The standard InChI is InChI=1S/C14H13ClO5S/c1-21(17,18)20-13-7-12-10(6-11(13)15)8-4-2-3-5-9(8)14(16)19-12/h6-7H,2-5H2,1H3. The normalized spacial score (nSPS) is 15.0. The summed E-state index contributed by atoms with van der Waals surface area (Å²) < 4.78 is 32.5. The fraction of sp³-hybridized carbons (Fsp3) is 0.357. The van der Waals surface area contributed by atoms with Gasteiger partial charge in [0.25, 0.3) is 0 Å². The Morgan fingerprint density at radius 2 is 1.86 bits per heavy atom. The molecule has 21 heavy (non-hydrogen) atoms. The topological polar surface area (TPSA) is 73.6 Å². The number of aryl methyl sites for hydroxylation is 1. The van der Waals surface area contributed by atoms with Crippen molar-refractivity contribution in [1.82, 2.24) is 0 Å². The maximum Gasteiger partial charge on any atom is 0.339 e. The molecule has 1 aromatic heterocycles. The van der Waals surface area contributed by atoms with Gasteiger partial charge in [0, 0.05) is 17.0 Å². The quantitative estimate of drug-likeness (QED) is 0.626. The van der Waals surface area contributed by atoms with Gasteiger partial charge in [-0.3, -0.25) is 0 Å². The Bertz CT molecular complexity index is 882. The van der Waals surface area contributed by atoms with Crippen molar-refractivity contribution < 1.29 is 17.0 Å². The van der Waals surface area contributed by atoms with E-state index in [0.717, 1.165) is 36.5 Å². The lowest BCUT2D eigenvalue weighted by molar-refractivity contribution is 0.491. The summed E-state index contributed by atoms with van der Waals surface area (Å²) in [6.07, 6.45) is 4.39. The highest BCUT2D eigenvalue weighted by atomic mass is 35.5. The molecule has 1 aliphatic rings. The Kier molecular flexibility index (Phi) is 3.45. The average molecular weight is 329 g/mol. The van der Waals surface area contributed by atoms with Crippen LogP contribution in [0.4, 0.5) is 0 Å². The molecule has 0 amide bonds. The third kappa shape index (κ3) is 2.78. The molecule has 0 saturated carbocycles. The lowest BCUT2D eigenvalue weighted by Gasteiger charge is -2.16. The Balaban J connectivity index is 2.26. The highest BCUT2D eigenvalue weighted by Crippen LogP contribution is 2.34. The summed E-state index contributed by atoms with van der Waals surface area (Å²) in [6, 6.07) is 2.96. The van der Waals surface area contributed by atoms with Crippen molar-refractivity contribution in [2.24, 2.45) is 0 Å². The Hall–Kier alpha value is -1.53. The van der Waals surface area contributed by atoms with E-state index in [2.05, 4.69) is 0 Å². The highest BCUT2D eigenvalue weighted by Gasteiger charge is 2.20. The largest absolute Gasteiger partial charge is 0.422 e. The molecule has 1 aromatic carbocycles. The monoisotopic (exact) mass is 328 g/mol. The maximum atomic E-state index is 12.0. The molecule has 5 nitrogen and oxygen atoms in total. The van der Waals surface area contributed by atoms with Crippen molar-refractivity contribution in [1.29, 1.82) is 0 Å². The van der Waals surface area contributed by atoms with Gasteiger partial charge >= 0.3 is 15.7 Å². The van der Waals surface area contributed by atoms with Crippen molar-refractivity contribution >= 4 is 32.7 Å². The van der Waals surface area contributed by atoms with Gasteiger partial charge in [0.2, 0.25) is 0 Å². The van der Waals surface area contributed by atoms with E-state index in [1.807, 2.05) is 0 Å². The molecule has 0 radical (unpaired) electrons. The summed E-state index contributed by atoms with van der Waals surface area (Å²) in [6.45, 7) is 0. The van der Waals surface area contributed by atoms with E-state index < -0.39 is 10.1 Å². The highest BCUT2D eigenvalue weighted by molar-refractivity contribution is 7.86. The summed E-state index contributed by atoms with van der Waals surface area (Å²) in [7, 11) is -3.70. The second-order valence-corrected chi connectivity index (χ2v) is 7.10. The average Bonchev–Trinajstić information content (AvgIpc) is 2.40. The molecular weight excluding hydrogens is 316 g/mol. The van der Waals surface area contributed by atoms with Crippen molar-refractivity contribution in [3.63, 3.8) is 0 Å². The minimum atomic E-state index is -3.70. The van der Waals surface area contributed by atoms with Gasteiger partial charge in [-0.15, -0.1) is 0 Å². The molecule has 0 bridgehead atoms. The number of benzene rings is 1. The molecule has 7 heteroatoms. The van der Waals surface area contributed by atoms with Gasteiger partial charge in [0.15, 0.2) is 5.75 Å². The van der Waals surface area contributed by atoms with Gasteiger partial charge < -0.3 is 8.60 Å². The lowest BCUT2D eigenvalue weighted by Crippen LogP contribution is -2.16. The van der Waals surface area contributed by atoms with Crippen LogP contribution in [0.5, 0.6) is 5.75 Å². The Labute approximate surface area is 126 Å². The minimum absolute atomic E-state index is 0.0365. The first-order chi connectivity index (χ1) is 9.85. The second-order valence-electron chi connectivity index (χ2n) is 5.12. The zero-order valence-corrected chi connectivity index (χ0v) is 12.9. The first kappa shape index (κ1) is 14.4. The van der Waals surface area contributed by atoms with Crippen LogP contribution < -0.4 is 9.81 Å². The van der Waals surface area contributed by atoms with Crippen molar-refractivity contribution in [3.05, 3.63) is 38.7 Å². The maximum absolute atomic E-state index is 12.0. The van der Waals surface area contributed by atoms with Crippen molar-refractivity contribution in [2.45, 2.75) is 25.7 Å². The van der Waals surface area contributed by atoms with Gasteiger partial charge in [-0.25, -0.2) is 4.79 Å². The number of fused-ring (bicyclic) bond motifs is 3. The van der Waals surface area contributed by atoms with Crippen LogP contribution in [0.1, 0.15) is 24.0 Å². The van der Waals surface area contributed by atoms with Crippen LogP contribution in [0.3, 0.4) is 0 Å². The van der Waals surface area contributed by atoms with E-state index >= 15 is 0 Å². The molecule has 0 atom stereocenters. The third-order valence-corrected chi connectivity index (χ3v) is 4.29. The molecule has 0 saturated heterocycles. The van der Waals surface area contributed by atoms with Crippen LogP contribution in [0.15, 0.2) is 21.3 Å². The Morgan fingerprint density at radius 3 is 2.52 bits per heavy atom. The lowest BCUT2D eigenvalue weighted by atomic mass is 9.91. The molecule has 0 spiro atoms. The van der Waals surface area contributed by atoms with E-state index in [9.17, 15) is 13.2 Å². The van der Waals surface area contributed by atoms with Crippen LogP contribution in [-0.2, 0) is 23.0 Å².